The van der Waals surface area contributed by atoms with E-state index in [2.05, 4.69) is 37.6 Å². The Morgan fingerprint density at radius 3 is 2.53 bits per heavy atom. The highest BCUT2D eigenvalue weighted by atomic mass is 32.1. The maximum absolute atomic E-state index is 2.47. The standard InChI is InChI=1S/C15H26SSi/c1-4-15(14-9-11-16-13-14)10-7-8-12-17(15,5-2)6-3/h9,11,13H,4-8,10,12H2,1-3H3. The zero-order chi connectivity index (χ0) is 12.4. The lowest BCUT2D eigenvalue weighted by Gasteiger charge is -2.52. The molecular weight excluding hydrogens is 240 g/mol. The second-order valence-electron chi connectivity index (χ2n) is 5.64. The first-order chi connectivity index (χ1) is 8.24. The van der Waals surface area contributed by atoms with Gasteiger partial charge in [0.1, 0.15) is 0 Å². The average Bonchev–Trinajstić information content (AvgIpc) is 2.92. The van der Waals surface area contributed by atoms with E-state index >= 15 is 0 Å². The molecule has 1 aliphatic heterocycles. The molecule has 0 radical (unpaired) electrons. The second-order valence-corrected chi connectivity index (χ2v) is 11.9. The molecular formula is C15H26SSi. The zero-order valence-corrected chi connectivity index (χ0v) is 13.4. The van der Waals surface area contributed by atoms with Crippen LogP contribution in [-0.2, 0) is 5.04 Å². The second kappa shape index (κ2) is 5.27. The molecule has 2 heteroatoms. The maximum atomic E-state index is 2.47. The minimum Gasteiger partial charge on any atom is -0.152 e. The van der Waals surface area contributed by atoms with Crippen LogP contribution in [0.25, 0.3) is 0 Å². The molecule has 1 aromatic rings. The topological polar surface area (TPSA) is 0 Å². The number of hydrogen-bond acceptors (Lipinski definition) is 1. The Morgan fingerprint density at radius 2 is 2.00 bits per heavy atom. The van der Waals surface area contributed by atoms with Gasteiger partial charge < -0.3 is 0 Å². The van der Waals surface area contributed by atoms with E-state index in [1.54, 1.807) is 11.6 Å². The summed E-state index contributed by atoms with van der Waals surface area (Å²) in [5, 5.41) is 5.34. The van der Waals surface area contributed by atoms with Gasteiger partial charge in [0.05, 0.1) is 8.07 Å². The Balaban J connectivity index is 2.48. The van der Waals surface area contributed by atoms with Gasteiger partial charge in [0.15, 0.2) is 0 Å². The summed E-state index contributed by atoms with van der Waals surface area (Å²) in [5.41, 5.74) is 1.69. The van der Waals surface area contributed by atoms with E-state index in [9.17, 15) is 0 Å². The number of thiophene rings is 1. The third-order valence-corrected chi connectivity index (χ3v) is 13.2. The van der Waals surface area contributed by atoms with Crippen LogP contribution in [0.15, 0.2) is 16.8 Å². The minimum atomic E-state index is -1.11. The van der Waals surface area contributed by atoms with Gasteiger partial charge in [-0.05, 0) is 40.3 Å². The number of hydrogen-bond donors (Lipinski definition) is 0. The summed E-state index contributed by atoms with van der Waals surface area (Å²) >= 11 is 1.89. The van der Waals surface area contributed by atoms with E-state index in [0.717, 1.165) is 0 Å². The van der Waals surface area contributed by atoms with Crippen LogP contribution in [0.4, 0.5) is 0 Å². The van der Waals surface area contributed by atoms with E-state index in [1.165, 1.54) is 37.8 Å². The van der Waals surface area contributed by atoms with Crippen LogP contribution >= 0.6 is 11.3 Å². The number of rotatable bonds is 4. The van der Waals surface area contributed by atoms with Crippen molar-refractivity contribution >= 4 is 19.4 Å². The van der Waals surface area contributed by atoms with Gasteiger partial charge in [0, 0.05) is 0 Å². The van der Waals surface area contributed by atoms with Crippen molar-refractivity contribution in [3.63, 3.8) is 0 Å². The monoisotopic (exact) mass is 266 g/mol. The van der Waals surface area contributed by atoms with Crippen LogP contribution in [0.3, 0.4) is 0 Å². The van der Waals surface area contributed by atoms with E-state index in [1.807, 2.05) is 11.3 Å². The normalized spacial score (nSPS) is 28.2. The first kappa shape index (κ1) is 13.4. The third-order valence-electron chi connectivity index (χ3n) is 5.55. The largest absolute Gasteiger partial charge is 0.152 e. The molecule has 1 unspecified atom stereocenters. The molecule has 1 saturated heterocycles. The summed E-state index contributed by atoms with van der Waals surface area (Å²) in [4.78, 5) is 0. The van der Waals surface area contributed by atoms with Crippen molar-refractivity contribution in [1.82, 2.24) is 0 Å². The lowest BCUT2D eigenvalue weighted by Crippen LogP contribution is -2.56. The third kappa shape index (κ3) is 1.93. The molecule has 0 saturated carbocycles. The van der Waals surface area contributed by atoms with Crippen LogP contribution in [0, 0.1) is 0 Å². The van der Waals surface area contributed by atoms with E-state index in [-0.39, 0.29) is 0 Å². The summed E-state index contributed by atoms with van der Waals surface area (Å²) in [5.74, 6) is 0. The van der Waals surface area contributed by atoms with Crippen molar-refractivity contribution in [2.24, 2.45) is 0 Å². The first-order valence-corrected chi connectivity index (χ1v) is 10.8. The first-order valence-electron chi connectivity index (χ1n) is 7.27. The Bertz CT molecular complexity index is 340. The molecule has 0 aromatic carbocycles. The fraction of sp³-hybridized carbons (Fsp3) is 0.733. The average molecular weight is 267 g/mol. The quantitative estimate of drug-likeness (QED) is 0.622. The molecule has 0 N–H and O–H groups in total. The van der Waals surface area contributed by atoms with Crippen LogP contribution < -0.4 is 0 Å². The zero-order valence-electron chi connectivity index (χ0n) is 11.6. The van der Waals surface area contributed by atoms with E-state index < -0.39 is 8.07 Å². The fourth-order valence-electron chi connectivity index (χ4n) is 4.42. The van der Waals surface area contributed by atoms with Crippen molar-refractivity contribution in [1.29, 1.82) is 0 Å². The molecule has 0 amide bonds. The molecule has 0 aliphatic carbocycles. The van der Waals surface area contributed by atoms with Crippen molar-refractivity contribution in [3.05, 3.63) is 22.4 Å². The summed E-state index contributed by atoms with van der Waals surface area (Å²) in [6.07, 6.45) is 5.80. The molecule has 2 heterocycles. The van der Waals surface area contributed by atoms with Crippen molar-refractivity contribution < 1.29 is 0 Å². The van der Waals surface area contributed by atoms with Gasteiger partial charge in [0.2, 0.25) is 0 Å². The highest BCUT2D eigenvalue weighted by Crippen LogP contribution is 2.51. The molecule has 0 bridgehead atoms. The molecule has 17 heavy (non-hydrogen) atoms. The van der Waals surface area contributed by atoms with Gasteiger partial charge in [-0.2, -0.15) is 11.3 Å². The Morgan fingerprint density at radius 1 is 1.24 bits per heavy atom. The summed E-state index contributed by atoms with van der Waals surface area (Å²) in [6, 6.07) is 6.95. The van der Waals surface area contributed by atoms with Crippen LogP contribution in [-0.4, -0.2) is 8.07 Å². The van der Waals surface area contributed by atoms with E-state index in [0.29, 0.717) is 5.04 Å². The lowest BCUT2D eigenvalue weighted by atomic mass is 9.91. The molecule has 96 valence electrons. The van der Waals surface area contributed by atoms with Crippen molar-refractivity contribution in [2.75, 3.05) is 0 Å². The van der Waals surface area contributed by atoms with Gasteiger partial charge >= 0.3 is 0 Å². The molecule has 1 aromatic heterocycles. The van der Waals surface area contributed by atoms with Crippen LogP contribution in [0.5, 0.6) is 0 Å². The smallest absolute Gasteiger partial charge is 0.0643 e. The maximum Gasteiger partial charge on any atom is 0.0643 e. The van der Waals surface area contributed by atoms with Gasteiger partial charge in [-0.15, -0.1) is 0 Å². The van der Waals surface area contributed by atoms with Gasteiger partial charge in [-0.3, -0.25) is 0 Å². The molecule has 0 nitrogen and oxygen atoms in total. The van der Waals surface area contributed by atoms with E-state index in [4.69, 9.17) is 0 Å². The van der Waals surface area contributed by atoms with Crippen molar-refractivity contribution in [2.45, 2.75) is 69.6 Å². The highest BCUT2D eigenvalue weighted by Gasteiger charge is 2.51. The minimum absolute atomic E-state index is 0.606. The Hall–Kier alpha value is -0.0831. The SMILES string of the molecule is CCC1(c2ccsc2)CCCC[Si]1(CC)CC. The Labute approximate surface area is 111 Å². The summed E-state index contributed by atoms with van der Waals surface area (Å²) in [6.45, 7) is 7.38. The predicted molar refractivity (Wildman–Crippen MR) is 81.7 cm³/mol. The highest BCUT2D eigenvalue weighted by molar-refractivity contribution is 7.08. The van der Waals surface area contributed by atoms with Gasteiger partial charge in [-0.1, -0.05) is 51.7 Å². The summed E-state index contributed by atoms with van der Waals surface area (Å²) in [7, 11) is -1.11. The molecule has 2 rings (SSSR count). The molecule has 1 fully saturated rings. The van der Waals surface area contributed by atoms with Crippen molar-refractivity contribution in [3.8, 4) is 0 Å². The van der Waals surface area contributed by atoms with Gasteiger partial charge in [0.25, 0.3) is 0 Å². The van der Waals surface area contributed by atoms with Gasteiger partial charge in [-0.25, -0.2) is 0 Å². The molecule has 0 spiro atoms. The van der Waals surface area contributed by atoms with Crippen LogP contribution in [0.2, 0.25) is 18.1 Å². The lowest BCUT2D eigenvalue weighted by molar-refractivity contribution is 0.448. The van der Waals surface area contributed by atoms with Crippen LogP contribution in [0.1, 0.15) is 52.0 Å². The molecule has 1 atom stereocenters. The predicted octanol–water partition coefficient (Wildman–Crippen LogP) is 5.61. The Kier molecular flexibility index (Phi) is 4.14. The molecule has 1 aliphatic rings. The fourth-order valence-corrected chi connectivity index (χ4v) is 11.5. The summed E-state index contributed by atoms with van der Waals surface area (Å²) < 4.78 is 0.